The molecule has 0 fully saturated rings. The molecule has 10 aromatic rings. The highest BCUT2D eigenvalue weighted by atomic mass is 16.3. The summed E-state index contributed by atoms with van der Waals surface area (Å²) in [6.45, 7) is 4.70. The maximum absolute atomic E-state index is 6.38. The van der Waals surface area contributed by atoms with Crippen molar-refractivity contribution in [2.75, 3.05) is 4.90 Å². The maximum atomic E-state index is 6.38. The van der Waals surface area contributed by atoms with E-state index >= 15 is 0 Å². The largest absolute Gasteiger partial charge is 0.456 e. The van der Waals surface area contributed by atoms with Gasteiger partial charge in [-0.2, -0.15) is 0 Å². The van der Waals surface area contributed by atoms with E-state index in [1.807, 2.05) is 6.07 Å². The molecule has 3 nitrogen and oxygen atoms in total. The minimum absolute atomic E-state index is 0.103. The fourth-order valence-corrected chi connectivity index (χ4v) is 9.00. The lowest BCUT2D eigenvalue weighted by Crippen LogP contribution is -2.16. The Labute approximate surface area is 314 Å². The second-order valence-corrected chi connectivity index (χ2v) is 15.0. The van der Waals surface area contributed by atoms with Crippen molar-refractivity contribution in [3.05, 3.63) is 193 Å². The summed E-state index contributed by atoms with van der Waals surface area (Å²) in [7, 11) is 0. The summed E-state index contributed by atoms with van der Waals surface area (Å²) < 4.78 is 8.79. The van der Waals surface area contributed by atoms with Gasteiger partial charge in [-0.1, -0.05) is 123 Å². The highest BCUT2D eigenvalue weighted by molar-refractivity contribution is 6.24. The lowest BCUT2D eigenvalue weighted by Gasteiger charge is -2.28. The first-order valence-corrected chi connectivity index (χ1v) is 18.7. The predicted molar refractivity (Wildman–Crippen MR) is 226 cm³/mol. The molecule has 2 aromatic heterocycles. The van der Waals surface area contributed by atoms with E-state index in [9.17, 15) is 0 Å². The monoisotopic (exact) mass is 692 g/mol. The van der Waals surface area contributed by atoms with Crippen LogP contribution in [0.4, 0.5) is 17.1 Å². The molecule has 11 rings (SSSR count). The molecule has 0 spiro atoms. The number of nitrogens with zero attached hydrogens (tertiary/aromatic N) is 2. The highest BCUT2D eigenvalue weighted by Crippen LogP contribution is 2.51. The van der Waals surface area contributed by atoms with E-state index in [-0.39, 0.29) is 5.41 Å². The maximum Gasteiger partial charge on any atom is 0.137 e. The molecule has 0 unspecified atom stereocenters. The Morgan fingerprint density at radius 1 is 0.463 bits per heavy atom. The molecule has 0 atom stereocenters. The number of hydrogen-bond acceptors (Lipinski definition) is 2. The van der Waals surface area contributed by atoms with Crippen LogP contribution in [0.5, 0.6) is 0 Å². The van der Waals surface area contributed by atoms with E-state index in [0.29, 0.717) is 0 Å². The van der Waals surface area contributed by atoms with Crippen molar-refractivity contribution in [1.82, 2.24) is 4.57 Å². The van der Waals surface area contributed by atoms with Gasteiger partial charge in [-0.15, -0.1) is 0 Å². The van der Waals surface area contributed by atoms with Gasteiger partial charge in [0.15, 0.2) is 0 Å². The molecule has 0 bridgehead atoms. The van der Waals surface area contributed by atoms with Crippen molar-refractivity contribution in [1.29, 1.82) is 0 Å². The van der Waals surface area contributed by atoms with Crippen molar-refractivity contribution < 1.29 is 4.42 Å². The number of anilines is 3. The van der Waals surface area contributed by atoms with Crippen LogP contribution >= 0.6 is 0 Å². The molecular weight excluding hydrogens is 657 g/mol. The average molecular weight is 693 g/mol. The van der Waals surface area contributed by atoms with Crippen molar-refractivity contribution in [3.63, 3.8) is 0 Å². The first kappa shape index (κ1) is 30.8. The van der Waals surface area contributed by atoms with Crippen LogP contribution in [0.25, 0.3) is 71.7 Å². The lowest BCUT2D eigenvalue weighted by molar-refractivity contribution is 0.660. The zero-order chi connectivity index (χ0) is 36.0. The molecule has 2 heterocycles. The smallest absolute Gasteiger partial charge is 0.137 e. The Morgan fingerprint density at radius 3 is 1.91 bits per heavy atom. The zero-order valence-electron chi connectivity index (χ0n) is 30.1. The van der Waals surface area contributed by atoms with Gasteiger partial charge in [0.2, 0.25) is 0 Å². The van der Waals surface area contributed by atoms with Crippen LogP contribution in [0, 0.1) is 0 Å². The molecule has 54 heavy (non-hydrogen) atoms. The number of para-hydroxylation sites is 2. The summed E-state index contributed by atoms with van der Waals surface area (Å²) >= 11 is 0. The van der Waals surface area contributed by atoms with E-state index in [1.54, 1.807) is 0 Å². The van der Waals surface area contributed by atoms with Crippen LogP contribution < -0.4 is 4.90 Å². The van der Waals surface area contributed by atoms with Gasteiger partial charge in [0, 0.05) is 44.3 Å². The summed E-state index contributed by atoms with van der Waals surface area (Å²) in [4.78, 5) is 2.39. The van der Waals surface area contributed by atoms with Crippen LogP contribution in [-0.4, -0.2) is 4.57 Å². The fourth-order valence-electron chi connectivity index (χ4n) is 9.00. The van der Waals surface area contributed by atoms with Gasteiger partial charge in [-0.25, -0.2) is 0 Å². The highest BCUT2D eigenvalue weighted by Gasteiger charge is 2.35. The van der Waals surface area contributed by atoms with Crippen molar-refractivity contribution in [2.45, 2.75) is 19.3 Å². The Bertz CT molecular complexity index is 3060. The van der Waals surface area contributed by atoms with Gasteiger partial charge in [0.05, 0.1) is 16.4 Å². The molecule has 1 aliphatic carbocycles. The second kappa shape index (κ2) is 11.6. The minimum atomic E-state index is -0.103. The van der Waals surface area contributed by atoms with E-state index in [2.05, 4.69) is 199 Å². The number of furan rings is 1. The minimum Gasteiger partial charge on any atom is -0.456 e. The number of aromatic nitrogens is 1. The van der Waals surface area contributed by atoms with E-state index < -0.39 is 0 Å². The summed E-state index contributed by atoms with van der Waals surface area (Å²) in [5.74, 6) is 0. The number of fused-ring (bicyclic) bond motifs is 10. The SMILES string of the molecule is CC1(C)c2ccccc2-c2ccc(N(c3ccc(-c4ccccc4)cc3)c3ccc(-n4c5ccccc5c5ccc6oc7ccccc7c6c54)cc3)cc21. The predicted octanol–water partition coefficient (Wildman–Crippen LogP) is 14.1. The third-order valence-corrected chi connectivity index (χ3v) is 11.6. The van der Waals surface area contributed by atoms with E-state index in [0.717, 1.165) is 44.7 Å². The Kier molecular flexibility index (Phi) is 6.60. The van der Waals surface area contributed by atoms with Crippen LogP contribution in [0.2, 0.25) is 0 Å². The van der Waals surface area contributed by atoms with Gasteiger partial charge < -0.3 is 13.9 Å². The van der Waals surface area contributed by atoms with Crippen molar-refractivity contribution >= 4 is 60.8 Å². The molecule has 8 aromatic carbocycles. The lowest BCUT2D eigenvalue weighted by atomic mass is 9.82. The number of benzene rings is 8. The molecular formula is C51H36N2O. The van der Waals surface area contributed by atoms with Gasteiger partial charge in [-0.3, -0.25) is 0 Å². The molecule has 0 amide bonds. The van der Waals surface area contributed by atoms with Gasteiger partial charge in [-0.05, 0) is 106 Å². The van der Waals surface area contributed by atoms with Gasteiger partial charge >= 0.3 is 0 Å². The molecule has 3 heteroatoms. The average Bonchev–Trinajstić information content (AvgIpc) is 3.84. The molecule has 0 aliphatic heterocycles. The standard InChI is InChI=1S/C51H36N2O/c1-51(2)44-17-9-6-14-39(44)40-29-28-38(32-45(40)51)52(35-22-20-34(21-23-35)33-12-4-3-5-13-33)36-24-26-37(27-25-36)53-46-18-10-7-15-41(46)42-30-31-48-49(50(42)53)43-16-8-11-19-47(43)54-48/h3-32H,1-2H3. The molecule has 0 saturated heterocycles. The molecule has 0 saturated carbocycles. The van der Waals surface area contributed by atoms with Crippen LogP contribution in [0.1, 0.15) is 25.0 Å². The topological polar surface area (TPSA) is 21.3 Å². The Morgan fingerprint density at radius 2 is 1.09 bits per heavy atom. The zero-order valence-corrected chi connectivity index (χ0v) is 30.1. The van der Waals surface area contributed by atoms with Crippen molar-refractivity contribution in [3.8, 4) is 27.9 Å². The quantitative estimate of drug-likeness (QED) is 0.179. The molecule has 1 aliphatic rings. The Balaban J connectivity index is 1.09. The normalized spacial score (nSPS) is 13.1. The third kappa shape index (κ3) is 4.48. The number of rotatable bonds is 5. The second-order valence-electron chi connectivity index (χ2n) is 15.0. The summed E-state index contributed by atoms with van der Waals surface area (Å²) in [5.41, 5.74) is 16.3. The Hall–Kier alpha value is -6.84. The van der Waals surface area contributed by atoms with E-state index in [1.165, 1.54) is 55.2 Å². The summed E-state index contributed by atoms with van der Waals surface area (Å²) in [5, 5.41) is 4.72. The molecule has 256 valence electrons. The first-order chi connectivity index (χ1) is 26.5. The van der Waals surface area contributed by atoms with Crippen LogP contribution in [0.3, 0.4) is 0 Å². The van der Waals surface area contributed by atoms with E-state index in [4.69, 9.17) is 4.42 Å². The van der Waals surface area contributed by atoms with Gasteiger partial charge in [0.25, 0.3) is 0 Å². The molecule has 0 N–H and O–H groups in total. The molecule has 0 radical (unpaired) electrons. The first-order valence-electron chi connectivity index (χ1n) is 18.7. The summed E-state index contributed by atoms with van der Waals surface area (Å²) in [6, 6.07) is 65.9. The van der Waals surface area contributed by atoms with Gasteiger partial charge in [0.1, 0.15) is 11.2 Å². The van der Waals surface area contributed by atoms with Crippen LogP contribution in [-0.2, 0) is 5.41 Å². The van der Waals surface area contributed by atoms with Crippen molar-refractivity contribution in [2.24, 2.45) is 0 Å². The third-order valence-electron chi connectivity index (χ3n) is 11.6. The number of hydrogen-bond donors (Lipinski definition) is 0. The summed E-state index contributed by atoms with van der Waals surface area (Å²) in [6.07, 6.45) is 0. The van der Waals surface area contributed by atoms with Crippen LogP contribution in [0.15, 0.2) is 186 Å². The fraction of sp³-hybridized carbons (Fsp3) is 0.0588.